The lowest BCUT2D eigenvalue weighted by Crippen LogP contribution is -2.51. The standard InChI is InChI=1S/C32H32F4N6O5/c1-20-29(39-14-12-38(13-15-39)17-21-6-4-7-22(16-21)42(46)47)30(44)41(19-27(37)23-8-2-3-11-28(23)43)31(45)40(20)18-24-25(32(34,35)36)9-5-10-26(24)33/h2-11,16,27,43H,12-15,17-19,37H2,1H3. The largest absolute Gasteiger partial charge is 0.508 e. The Hall–Kier alpha value is -5.02. The summed E-state index contributed by atoms with van der Waals surface area (Å²) in [5.41, 5.74) is 3.64. The molecule has 4 aromatic rings. The van der Waals surface area contributed by atoms with Gasteiger partial charge in [-0.15, -0.1) is 0 Å². The second kappa shape index (κ2) is 13.4. The summed E-state index contributed by atoms with van der Waals surface area (Å²) < 4.78 is 58.4. The van der Waals surface area contributed by atoms with Crippen LogP contribution in [0.1, 0.15) is 34.0 Å². The van der Waals surface area contributed by atoms with Crippen molar-refractivity contribution >= 4 is 11.4 Å². The van der Waals surface area contributed by atoms with E-state index in [2.05, 4.69) is 0 Å². The number of nitrogens with zero attached hydrogens (tertiary/aromatic N) is 5. The van der Waals surface area contributed by atoms with Crippen LogP contribution >= 0.6 is 0 Å². The Balaban J connectivity index is 1.53. The lowest BCUT2D eigenvalue weighted by atomic mass is 10.1. The highest BCUT2D eigenvalue weighted by Crippen LogP contribution is 2.34. The topological polar surface area (TPSA) is 140 Å². The Morgan fingerprint density at radius 1 is 0.957 bits per heavy atom. The van der Waals surface area contributed by atoms with Crippen LogP contribution < -0.4 is 21.9 Å². The van der Waals surface area contributed by atoms with E-state index in [0.717, 1.165) is 32.9 Å². The van der Waals surface area contributed by atoms with Gasteiger partial charge in [-0.25, -0.2) is 9.18 Å². The number of nitrogens with two attached hydrogens (primary N) is 1. The number of phenolic OH excluding ortho intramolecular Hbond substituents is 1. The predicted molar refractivity (Wildman–Crippen MR) is 166 cm³/mol. The minimum Gasteiger partial charge on any atom is -0.508 e. The van der Waals surface area contributed by atoms with Gasteiger partial charge in [-0.05, 0) is 30.7 Å². The molecule has 1 atom stereocenters. The first-order valence-electron chi connectivity index (χ1n) is 14.7. The van der Waals surface area contributed by atoms with Crippen molar-refractivity contribution in [3.8, 4) is 5.75 Å². The van der Waals surface area contributed by atoms with Gasteiger partial charge in [0, 0.05) is 61.7 Å². The van der Waals surface area contributed by atoms with Crippen molar-refractivity contribution in [2.45, 2.75) is 38.8 Å². The zero-order chi connectivity index (χ0) is 34.0. The Kier molecular flexibility index (Phi) is 9.49. The van der Waals surface area contributed by atoms with Crippen molar-refractivity contribution < 1.29 is 27.6 Å². The number of hydrogen-bond acceptors (Lipinski definition) is 8. The smallest absolute Gasteiger partial charge is 0.416 e. The Morgan fingerprint density at radius 2 is 1.64 bits per heavy atom. The van der Waals surface area contributed by atoms with E-state index >= 15 is 0 Å². The van der Waals surface area contributed by atoms with Crippen LogP contribution in [0.4, 0.5) is 28.9 Å². The van der Waals surface area contributed by atoms with Gasteiger partial charge in [0.15, 0.2) is 0 Å². The predicted octanol–water partition coefficient (Wildman–Crippen LogP) is 4.16. The number of para-hydroxylation sites is 1. The van der Waals surface area contributed by atoms with E-state index in [1.165, 1.54) is 31.2 Å². The molecule has 0 radical (unpaired) electrons. The number of non-ortho nitro benzene ring substituents is 1. The van der Waals surface area contributed by atoms with E-state index in [1.54, 1.807) is 29.2 Å². The molecule has 0 amide bonds. The molecule has 1 saturated heterocycles. The van der Waals surface area contributed by atoms with Gasteiger partial charge < -0.3 is 15.7 Å². The van der Waals surface area contributed by atoms with Crippen molar-refractivity contribution in [3.63, 3.8) is 0 Å². The highest BCUT2D eigenvalue weighted by molar-refractivity contribution is 5.50. The van der Waals surface area contributed by atoms with Gasteiger partial charge in [0.2, 0.25) is 0 Å². The fraction of sp³-hybridized carbons (Fsp3) is 0.312. The van der Waals surface area contributed by atoms with E-state index < -0.39 is 58.4 Å². The lowest BCUT2D eigenvalue weighted by Gasteiger charge is -2.37. The number of nitro benzene ring substituents is 1. The van der Waals surface area contributed by atoms with Crippen LogP contribution in [0.15, 0.2) is 76.3 Å². The summed E-state index contributed by atoms with van der Waals surface area (Å²) in [5, 5.41) is 21.5. The number of nitro groups is 1. The number of anilines is 1. The first-order chi connectivity index (χ1) is 22.3. The number of halogens is 4. The normalized spacial score (nSPS) is 14.7. The van der Waals surface area contributed by atoms with Crippen molar-refractivity contribution in [3.05, 3.63) is 131 Å². The number of rotatable bonds is 9. The molecule has 0 saturated carbocycles. The van der Waals surface area contributed by atoms with Gasteiger partial charge in [0.05, 0.1) is 29.6 Å². The molecule has 2 heterocycles. The van der Waals surface area contributed by atoms with Crippen molar-refractivity contribution in [1.82, 2.24) is 14.0 Å². The third-order valence-electron chi connectivity index (χ3n) is 8.33. The zero-order valence-corrected chi connectivity index (χ0v) is 25.3. The van der Waals surface area contributed by atoms with Crippen LogP contribution in [0, 0.1) is 22.9 Å². The third-order valence-corrected chi connectivity index (χ3v) is 8.33. The average Bonchev–Trinajstić information content (AvgIpc) is 3.02. The Morgan fingerprint density at radius 3 is 2.30 bits per heavy atom. The monoisotopic (exact) mass is 656 g/mol. The highest BCUT2D eigenvalue weighted by Gasteiger charge is 2.35. The molecular weight excluding hydrogens is 624 g/mol. The molecule has 5 rings (SSSR count). The third kappa shape index (κ3) is 7.05. The molecule has 1 unspecified atom stereocenters. The first kappa shape index (κ1) is 33.3. The molecule has 1 fully saturated rings. The highest BCUT2D eigenvalue weighted by atomic mass is 19.4. The second-order valence-electron chi connectivity index (χ2n) is 11.3. The molecular formula is C32H32F4N6O5. The average molecular weight is 657 g/mol. The van der Waals surface area contributed by atoms with E-state index in [9.17, 15) is 42.4 Å². The van der Waals surface area contributed by atoms with Gasteiger partial charge in [-0.1, -0.05) is 36.4 Å². The molecule has 1 aliphatic rings. The van der Waals surface area contributed by atoms with Gasteiger partial charge in [0.25, 0.3) is 11.2 Å². The maximum Gasteiger partial charge on any atom is 0.416 e. The van der Waals surface area contributed by atoms with E-state index in [4.69, 9.17) is 5.73 Å². The summed E-state index contributed by atoms with van der Waals surface area (Å²) in [5.74, 6) is -1.33. The maximum atomic E-state index is 14.9. The van der Waals surface area contributed by atoms with E-state index in [0.29, 0.717) is 19.6 Å². The lowest BCUT2D eigenvalue weighted by molar-refractivity contribution is -0.384. The quantitative estimate of drug-likeness (QED) is 0.156. The van der Waals surface area contributed by atoms with E-state index in [-0.39, 0.29) is 41.5 Å². The second-order valence-corrected chi connectivity index (χ2v) is 11.3. The molecule has 3 aromatic carbocycles. The van der Waals surface area contributed by atoms with Crippen LogP contribution in [0.2, 0.25) is 0 Å². The summed E-state index contributed by atoms with van der Waals surface area (Å²) in [7, 11) is 0. The Labute approximate surface area is 265 Å². The van der Waals surface area contributed by atoms with Crippen molar-refractivity contribution in [2.75, 3.05) is 31.1 Å². The summed E-state index contributed by atoms with van der Waals surface area (Å²) in [6.45, 7) is 2.00. The number of aromatic hydroxyl groups is 1. The minimum atomic E-state index is -4.91. The summed E-state index contributed by atoms with van der Waals surface area (Å²) >= 11 is 0. The van der Waals surface area contributed by atoms with Gasteiger partial charge >= 0.3 is 11.9 Å². The zero-order valence-electron chi connectivity index (χ0n) is 25.3. The minimum absolute atomic E-state index is 0.0369. The first-order valence-corrected chi connectivity index (χ1v) is 14.7. The van der Waals surface area contributed by atoms with Crippen LogP contribution in [-0.2, 0) is 25.8 Å². The van der Waals surface area contributed by atoms with Crippen LogP contribution in [0.3, 0.4) is 0 Å². The number of hydrogen-bond donors (Lipinski definition) is 2. The summed E-state index contributed by atoms with van der Waals surface area (Å²) in [4.78, 5) is 42.3. The van der Waals surface area contributed by atoms with Gasteiger partial charge in [0.1, 0.15) is 17.3 Å². The molecule has 0 aliphatic carbocycles. The van der Waals surface area contributed by atoms with Gasteiger partial charge in [-0.2, -0.15) is 13.2 Å². The van der Waals surface area contributed by atoms with Crippen LogP contribution in [0.5, 0.6) is 5.75 Å². The molecule has 15 heteroatoms. The van der Waals surface area contributed by atoms with E-state index in [1.807, 2.05) is 4.90 Å². The summed E-state index contributed by atoms with van der Waals surface area (Å²) in [6.07, 6.45) is -4.91. The SMILES string of the molecule is Cc1c(N2CCN(Cc3cccc([N+](=O)[O-])c3)CC2)c(=O)n(CC(N)c2ccccc2O)c(=O)n1Cc1c(F)cccc1C(F)(F)F. The maximum absolute atomic E-state index is 14.9. The number of phenols is 1. The van der Waals surface area contributed by atoms with Gasteiger partial charge in [-0.3, -0.25) is 28.9 Å². The van der Waals surface area contributed by atoms with Crippen LogP contribution in [-0.4, -0.2) is 50.2 Å². The molecule has 0 bridgehead atoms. The molecule has 3 N–H and O–H groups in total. The fourth-order valence-corrected chi connectivity index (χ4v) is 5.89. The number of benzene rings is 3. The molecule has 11 nitrogen and oxygen atoms in total. The van der Waals surface area contributed by atoms with Crippen LogP contribution in [0.25, 0.3) is 0 Å². The number of alkyl halides is 3. The Bertz CT molecular complexity index is 1920. The molecule has 0 spiro atoms. The molecule has 248 valence electrons. The molecule has 1 aliphatic heterocycles. The number of aromatic nitrogens is 2. The molecule has 1 aromatic heterocycles. The van der Waals surface area contributed by atoms with Crippen molar-refractivity contribution in [1.29, 1.82) is 0 Å². The number of piperazine rings is 1. The fourth-order valence-electron chi connectivity index (χ4n) is 5.89. The molecule has 47 heavy (non-hydrogen) atoms. The van der Waals surface area contributed by atoms with Crippen molar-refractivity contribution in [2.24, 2.45) is 5.73 Å². The summed E-state index contributed by atoms with van der Waals surface area (Å²) in [6, 6.07) is 13.8.